The van der Waals surface area contributed by atoms with Crippen molar-refractivity contribution in [3.05, 3.63) is 41.5 Å². The van der Waals surface area contributed by atoms with E-state index in [1.165, 1.54) is 25.2 Å². The molecule has 2 aliphatic rings. The predicted molar refractivity (Wildman–Crippen MR) is 123 cm³/mol. The first-order valence-corrected chi connectivity index (χ1v) is 11.5. The Hall–Kier alpha value is -2.64. The van der Waals surface area contributed by atoms with Crippen molar-refractivity contribution < 1.29 is 18.4 Å². The van der Waals surface area contributed by atoms with Gasteiger partial charge in [-0.05, 0) is 48.6 Å². The Kier molecular flexibility index (Phi) is 7.05. The molecule has 1 aromatic rings. The number of nitrogens with two attached hydrogens (primary N) is 1. The minimum atomic E-state index is -0.690. The molecule has 0 radical (unpaired) electrons. The molecular formula is C25H34F2N4O2. The highest BCUT2D eigenvalue weighted by atomic mass is 19.1. The van der Waals surface area contributed by atoms with Gasteiger partial charge in [-0.3, -0.25) is 9.59 Å². The molecule has 33 heavy (non-hydrogen) atoms. The molecule has 1 saturated heterocycles. The van der Waals surface area contributed by atoms with Gasteiger partial charge in [-0.25, -0.2) is 8.78 Å². The maximum Gasteiger partial charge on any atom is 0.229 e. The second-order valence-corrected chi connectivity index (χ2v) is 10.1. The van der Waals surface area contributed by atoms with Crippen molar-refractivity contribution in [3.8, 4) is 0 Å². The van der Waals surface area contributed by atoms with Gasteiger partial charge in [0.15, 0.2) is 0 Å². The molecule has 2 N–H and O–H groups in total. The summed E-state index contributed by atoms with van der Waals surface area (Å²) in [5, 5.41) is 7.79. The van der Waals surface area contributed by atoms with E-state index in [0.29, 0.717) is 25.9 Å². The van der Waals surface area contributed by atoms with Gasteiger partial charge in [-0.2, -0.15) is 10.2 Å². The van der Waals surface area contributed by atoms with Crippen LogP contribution in [0.4, 0.5) is 8.78 Å². The first kappa shape index (κ1) is 25.0. The summed E-state index contributed by atoms with van der Waals surface area (Å²) in [6.07, 6.45) is 3.84. The van der Waals surface area contributed by atoms with Crippen LogP contribution < -0.4 is 5.73 Å². The number of azo groups is 1. The summed E-state index contributed by atoms with van der Waals surface area (Å²) in [6, 6.07) is 3.72. The molecule has 4 atom stereocenters. The van der Waals surface area contributed by atoms with Crippen molar-refractivity contribution in [2.75, 3.05) is 20.1 Å². The summed E-state index contributed by atoms with van der Waals surface area (Å²) in [5.41, 5.74) is 4.39. The lowest BCUT2D eigenvalue weighted by atomic mass is 9.62. The van der Waals surface area contributed by atoms with E-state index in [2.05, 4.69) is 24.1 Å². The molecule has 0 bridgehead atoms. The fourth-order valence-corrected chi connectivity index (χ4v) is 5.75. The van der Waals surface area contributed by atoms with Crippen LogP contribution in [-0.4, -0.2) is 36.9 Å². The molecule has 180 valence electrons. The SMILES string of the molecule is C/N=N\C(=C/C(C)C1CC[C@](C)(C(=O)N2CCC(C(N)=O)C2)C1(C)C)c1c(F)cccc1F. The Morgan fingerprint density at radius 3 is 2.39 bits per heavy atom. The van der Waals surface area contributed by atoms with Crippen molar-refractivity contribution in [2.24, 2.45) is 44.5 Å². The lowest BCUT2D eigenvalue weighted by Crippen LogP contribution is -2.49. The summed E-state index contributed by atoms with van der Waals surface area (Å²) in [5.74, 6) is -2.02. The highest BCUT2D eigenvalue weighted by molar-refractivity contribution is 5.85. The van der Waals surface area contributed by atoms with Gasteiger partial charge in [-0.15, -0.1) is 0 Å². The maximum absolute atomic E-state index is 14.4. The van der Waals surface area contributed by atoms with Gasteiger partial charge in [0.2, 0.25) is 11.8 Å². The van der Waals surface area contributed by atoms with E-state index in [9.17, 15) is 18.4 Å². The van der Waals surface area contributed by atoms with E-state index >= 15 is 0 Å². The topological polar surface area (TPSA) is 88.1 Å². The standard InChI is InChI=1S/C25H34F2N4O2/c1-15(13-20(30-29-5)21-18(26)7-6-8-19(21)27)17-9-11-25(4,24(17,2)3)23(33)31-12-10-16(14-31)22(28)32/h6-8,13,15-17H,9-12,14H2,1-5H3,(H2,28,32)/b20-13-,30-29-/t15?,16?,17?,25-/m1/s1. The molecule has 3 unspecified atom stereocenters. The molecule has 3 rings (SSSR count). The normalized spacial score (nSPS) is 28.5. The van der Waals surface area contributed by atoms with E-state index in [-0.39, 0.29) is 40.8 Å². The summed E-state index contributed by atoms with van der Waals surface area (Å²) < 4.78 is 28.9. The second kappa shape index (κ2) is 9.31. The minimum absolute atomic E-state index is 0.0450. The van der Waals surface area contributed by atoms with Crippen LogP contribution in [0.15, 0.2) is 34.5 Å². The second-order valence-electron chi connectivity index (χ2n) is 10.1. The number of allylic oxidation sites excluding steroid dienone is 1. The van der Waals surface area contributed by atoms with E-state index < -0.39 is 22.5 Å². The third kappa shape index (κ3) is 4.44. The summed E-state index contributed by atoms with van der Waals surface area (Å²) in [6.45, 7) is 9.05. The number of carbonyl (C=O) groups is 2. The maximum atomic E-state index is 14.4. The van der Waals surface area contributed by atoms with Gasteiger partial charge >= 0.3 is 0 Å². The van der Waals surface area contributed by atoms with Crippen molar-refractivity contribution in [3.63, 3.8) is 0 Å². The average molecular weight is 461 g/mol. The van der Waals surface area contributed by atoms with Gasteiger partial charge in [0.05, 0.1) is 22.6 Å². The number of primary amides is 1. The van der Waals surface area contributed by atoms with Crippen molar-refractivity contribution >= 4 is 17.5 Å². The molecule has 1 saturated carbocycles. The fourth-order valence-electron chi connectivity index (χ4n) is 5.75. The van der Waals surface area contributed by atoms with Gasteiger partial charge in [0, 0.05) is 20.1 Å². The van der Waals surface area contributed by atoms with Crippen LogP contribution in [0.25, 0.3) is 5.70 Å². The third-order valence-electron chi connectivity index (χ3n) is 8.14. The van der Waals surface area contributed by atoms with Crippen molar-refractivity contribution in [1.82, 2.24) is 4.90 Å². The van der Waals surface area contributed by atoms with Gasteiger partial charge < -0.3 is 10.6 Å². The Bertz CT molecular complexity index is 970. The molecule has 1 aliphatic heterocycles. The molecule has 8 heteroatoms. The van der Waals surface area contributed by atoms with Crippen LogP contribution in [0.5, 0.6) is 0 Å². The fraction of sp³-hybridized carbons (Fsp3) is 0.600. The summed E-state index contributed by atoms with van der Waals surface area (Å²) >= 11 is 0. The zero-order valence-electron chi connectivity index (χ0n) is 20.1. The van der Waals surface area contributed by atoms with Crippen LogP contribution in [0.1, 0.15) is 52.5 Å². The molecule has 2 fully saturated rings. The first-order chi connectivity index (χ1) is 15.4. The lowest BCUT2D eigenvalue weighted by molar-refractivity contribution is -0.146. The van der Waals surface area contributed by atoms with Crippen LogP contribution >= 0.6 is 0 Å². The van der Waals surface area contributed by atoms with Crippen LogP contribution in [0, 0.1) is 40.2 Å². The first-order valence-electron chi connectivity index (χ1n) is 11.5. The number of carbonyl (C=O) groups excluding carboxylic acids is 2. The van der Waals surface area contributed by atoms with Crippen LogP contribution in [0.2, 0.25) is 0 Å². The molecule has 1 heterocycles. The molecule has 1 aromatic carbocycles. The van der Waals surface area contributed by atoms with Crippen LogP contribution in [-0.2, 0) is 9.59 Å². The Morgan fingerprint density at radius 1 is 1.21 bits per heavy atom. The Morgan fingerprint density at radius 2 is 1.85 bits per heavy atom. The van der Waals surface area contributed by atoms with E-state index in [1.54, 1.807) is 11.0 Å². The number of benzene rings is 1. The highest BCUT2D eigenvalue weighted by Crippen LogP contribution is 2.59. The third-order valence-corrected chi connectivity index (χ3v) is 8.14. The summed E-state index contributed by atoms with van der Waals surface area (Å²) in [4.78, 5) is 26.9. The summed E-state index contributed by atoms with van der Waals surface area (Å²) in [7, 11) is 1.46. The zero-order valence-corrected chi connectivity index (χ0v) is 20.1. The number of hydrogen-bond donors (Lipinski definition) is 1. The number of halogens is 2. The quantitative estimate of drug-likeness (QED) is 0.618. The van der Waals surface area contributed by atoms with Crippen molar-refractivity contribution in [2.45, 2.75) is 47.0 Å². The number of amides is 2. The number of likely N-dealkylation sites (tertiary alicyclic amines) is 1. The van der Waals surface area contributed by atoms with Gasteiger partial charge in [0.1, 0.15) is 11.6 Å². The van der Waals surface area contributed by atoms with Gasteiger partial charge in [-0.1, -0.05) is 39.8 Å². The Balaban J connectivity index is 1.88. The monoisotopic (exact) mass is 460 g/mol. The molecule has 6 nitrogen and oxygen atoms in total. The largest absolute Gasteiger partial charge is 0.369 e. The van der Waals surface area contributed by atoms with E-state index in [4.69, 9.17) is 5.73 Å². The molecular weight excluding hydrogens is 426 g/mol. The molecule has 0 aromatic heterocycles. The average Bonchev–Trinajstić information content (AvgIpc) is 3.31. The Labute approximate surface area is 194 Å². The van der Waals surface area contributed by atoms with E-state index in [1.807, 2.05) is 13.8 Å². The minimum Gasteiger partial charge on any atom is -0.369 e. The molecule has 0 spiro atoms. The van der Waals surface area contributed by atoms with Crippen LogP contribution in [0.3, 0.4) is 0 Å². The number of hydrogen-bond acceptors (Lipinski definition) is 4. The smallest absolute Gasteiger partial charge is 0.229 e. The predicted octanol–water partition coefficient (Wildman–Crippen LogP) is 4.80. The molecule has 2 amide bonds. The number of nitrogens with zero attached hydrogens (tertiary/aromatic N) is 3. The zero-order chi connectivity index (χ0) is 24.6. The lowest BCUT2D eigenvalue weighted by Gasteiger charge is -2.44. The highest BCUT2D eigenvalue weighted by Gasteiger charge is 2.58. The van der Waals surface area contributed by atoms with E-state index in [0.717, 1.165) is 6.42 Å². The van der Waals surface area contributed by atoms with Gasteiger partial charge in [0.25, 0.3) is 0 Å². The number of rotatable bonds is 6. The van der Waals surface area contributed by atoms with Crippen molar-refractivity contribution in [1.29, 1.82) is 0 Å². The molecule has 1 aliphatic carbocycles.